The van der Waals surface area contributed by atoms with Crippen LogP contribution in [0.5, 0.6) is 0 Å². The second kappa shape index (κ2) is 13.6. The average molecular weight is 728 g/mol. The van der Waals surface area contributed by atoms with Crippen LogP contribution < -0.4 is 9.80 Å². The van der Waals surface area contributed by atoms with Gasteiger partial charge in [-0.15, -0.1) is 0 Å². The van der Waals surface area contributed by atoms with Gasteiger partial charge in [-0.3, -0.25) is 0 Å². The second-order valence-corrected chi connectivity index (χ2v) is 14.5. The zero-order valence-corrected chi connectivity index (χ0v) is 31.2. The monoisotopic (exact) mass is 727 g/mol. The van der Waals surface area contributed by atoms with Crippen LogP contribution in [0.1, 0.15) is 0 Å². The molecule has 0 N–H and O–H groups in total. The lowest BCUT2D eigenvalue weighted by Gasteiger charge is -2.29. The van der Waals surface area contributed by atoms with Crippen LogP contribution in [0.3, 0.4) is 0 Å². The molecular weight excluding hydrogens is 691 g/mol. The molecule has 0 unspecified atom stereocenters. The molecule has 0 saturated heterocycles. The summed E-state index contributed by atoms with van der Waals surface area (Å²) in [5.74, 6) is 0. The highest BCUT2D eigenvalue weighted by atomic mass is 15.2. The SMILES string of the molecule is c1ccc(N(c2ccccc2)c2cc3cc(N(c4ccccc4)c4ccc5c(c4)c4ccccc4n5-c4ccccc4)c4ccccc4c3c3ccccc23)cc1. The summed E-state index contributed by atoms with van der Waals surface area (Å²) in [5.41, 5.74) is 10.2. The fourth-order valence-corrected chi connectivity index (χ4v) is 8.85. The maximum atomic E-state index is 2.44. The molecule has 268 valence electrons. The Kier molecular flexibility index (Phi) is 7.82. The van der Waals surface area contributed by atoms with E-state index in [4.69, 9.17) is 0 Å². The van der Waals surface area contributed by atoms with Gasteiger partial charge in [-0.2, -0.15) is 0 Å². The quantitative estimate of drug-likeness (QED) is 0.151. The molecule has 0 aliphatic heterocycles. The minimum Gasteiger partial charge on any atom is -0.310 e. The van der Waals surface area contributed by atoms with Crippen LogP contribution in [0.4, 0.5) is 34.1 Å². The van der Waals surface area contributed by atoms with Gasteiger partial charge >= 0.3 is 0 Å². The third kappa shape index (κ3) is 5.43. The summed E-state index contributed by atoms with van der Waals surface area (Å²) in [7, 11) is 0. The van der Waals surface area contributed by atoms with E-state index >= 15 is 0 Å². The Bertz CT molecular complexity index is 3190. The second-order valence-electron chi connectivity index (χ2n) is 14.5. The molecule has 0 atom stereocenters. The van der Waals surface area contributed by atoms with Crippen molar-refractivity contribution in [2.75, 3.05) is 9.80 Å². The van der Waals surface area contributed by atoms with Crippen molar-refractivity contribution in [2.45, 2.75) is 0 Å². The molecule has 0 bridgehead atoms. The van der Waals surface area contributed by atoms with Crippen molar-refractivity contribution >= 4 is 88.2 Å². The molecule has 3 nitrogen and oxygen atoms in total. The van der Waals surface area contributed by atoms with E-state index in [1.807, 2.05) is 0 Å². The molecule has 57 heavy (non-hydrogen) atoms. The minimum absolute atomic E-state index is 1.10. The van der Waals surface area contributed by atoms with Crippen LogP contribution >= 0.6 is 0 Å². The summed E-state index contributed by atoms with van der Waals surface area (Å²) in [4.78, 5) is 4.83. The lowest BCUT2D eigenvalue weighted by Crippen LogP contribution is -2.12. The molecule has 0 amide bonds. The van der Waals surface area contributed by atoms with E-state index in [-0.39, 0.29) is 0 Å². The predicted molar refractivity (Wildman–Crippen MR) is 243 cm³/mol. The third-order valence-electron chi connectivity index (χ3n) is 11.3. The van der Waals surface area contributed by atoms with Crippen molar-refractivity contribution in [1.82, 2.24) is 4.57 Å². The third-order valence-corrected chi connectivity index (χ3v) is 11.3. The number of nitrogens with zero attached hydrogens (tertiary/aromatic N) is 3. The maximum Gasteiger partial charge on any atom is 0.0546 e. The Morgan fingerprint density at radius 1 is 0.281 bits per heavy atom. The zero-order chi connectivity index (χ0) is 37.7. The molecule has 1 heterocycles. The van der Waals surface area contributed by atoms with E-state index < -0.39 is 0 Å². The maximum absolute atomic E-state index is 2.44. The van der Waals surface area contributed by atoms with Crippen LogP contribution in [-0.4, -0.2) is 4.57 Å². The van der Waals surface area contributed by atoms with E-state index in [0.717, 1.165) is 39.8 Å². The van der Waals surface area contributed by atoms with Gasteiger partial charge in [0.15, 0.2) is 0 Å². The number of rotatable bonds is 7. The number of benzene rings is 10. The van der Waals surface area contributed by atoms with Gasteiger partial charge in [-0.05, 0) is 106 Å². The van der Waals surface area contributed by atoms with Crippen LogP contribution in [0.25, 0.3) is 59.8 Å². The summed E-state index contributed by atoms with van der Waals surface area (Å²) >= 11 is 0. The first kappa shape index (κ1) is 32.8. The standard InChI is InChI=1S/C54H37N3/c1-5-19-39(20-6-1)55(40-21-7-2-8-22-40)52-35-38-36-53(45-28-14-16-31-48(45)54(38)47-30-15-13-27-44(47)52)56(41-23-9-3-10-24-41)43-33-34-51-49(37-43)46-29-17-18-32-50(46)57(51)42-25-11-4-12-26-42/h1-37H. The van der Waals surface area contributed by atoms with Crippen molar-refractivity contribution in [3.05, 3.63) is 224 Å². The normalized spacial score (nSPS) is 11.5. The average Bonchev–Trinajstić information content (AvgIpc) is 3.62. The molecule has 11 aromatic rings. The fraction of sp³-hybridized carbons (Fsp3) is 0. The van der Waals surface area contributed by atoms with Crippen LogP contribution in [0.15, 0.2) is 224 Å². The Morgan fingerprint density at radius 2 is 0.684 bits per heavy atom. The minimum atomic E-state index is 1.10. The van der Waals surface area contributed by atoms with E-state index in [1.165, 1.54) is 54.1 Å². The molecule has 0 saturated carbocycles. The molecular formula is C54H37N3. The lowest BCUT2D eigenvalue weighted by atomic mass is 9.93. The van der Waals surface area contributed by atoms with Crippen LogP contribution in [0, 0.1) is 0 Å². The van der Waals surface area contributed by atoms with E-state index in [2.05, 4.69) is 239 Å². The summed E-state index contributed by atoms with van der Waals surface area (Å²) in [5, 5.41) is 9.73. The van der Waals surface area contributed by atoms with Gasteiger partial charge in [0.05, 0.1) is 22.4 Å². The lowest BCUT2D eigenvalue weighted by molar-refractivity contribution is 1.18. The highest BCUT2D eigenvalue weighted by Crippen LogP contribution is 2.48. The predicted octanol–water partition coefficient (Wildman–Crippen LogP) is 15.2. The van der Waals surface area contributed by atoms with Crippen molar-refractivity contribution in [1.29, 1.82) is 0 Å². The Hall–Kier alpha value is -7.62. The van der Waals surface area contributed by atoms with Crippen LogP contribution in [0.2, 0.25) is 0 Å². The molecule has 10 aromatic carbocycles. The summed E-state index contributed by atoms with van der Waals surface area (Å²) in [6.45, 7) is 0. The molecule has 0 spiro atoms. The van der Waals surface area contributed by atoms with Gasteiger partial charge in [0.2, 0.25) is 0 Å². The highest BCUT2D eigenvalue weighted by Gasteiger charge is 2.23. The van der Waals surface area contributed by atoms with Gasteiger partial charge in [-0.1, -0.05) is 140 Å². The van der Waals surface area contributed by atoms with Crippen molar-refractivity contribution in [3.8, 4) is 5.69 Å². The van der Waals surface area contributed by atoms with E-state index in [9.17, 15) is 0 Å². The highest BCUT2D eigenvalue weighted by molar-refractivity contribution is 6.26. The van der Waals surface area contributed by atoms with Crippen molar-refractivity contribution in [3.63, 3.8) is 0 Å². The molecule has 11 rings (SSSR count). The Balaban J connectivity index is 1.21. The van der Waals surface area contributed by atoms with E-state index in [1.54, 1.807) is 0 Å². The first-order valence-electron chi connectivity index (χ1n) is 19.5. The Morgan fingerprint density at radius 3 is 1.21 bits per heavy atom. The van der Waals surface area contributed by atoms with Gasteiger partial charge in [0.25, 0.3) is 0 Å². The number of hydrogen-bond acceptors (Lipinski definition) is 2. The molecule has 0 radical (unpaired) electrons. The number of hydrogen-bond donors (Lipinski definition) is 0. The van der Waals surface area contributed by atoms with Gasteiger partial charge in [0.1, 0.15) is 0 Å². The van der Waals surface area contributed by atoms with Gasteiger partial charge in [0, 0.05) is 50.0 Å². The van der Waals surface area contributed by atoms with Gasteiger partial charge < -0.3 is 14.4 Å². The summed E-state index contributed by atoms with van der Waals surface area (Å²) in [6.07, 6.45) is 0. The molecule has 0 fully saturated rings. The van der Waals surface area contributed by atoms with Crippen LogP contribution in [-0.2, 0) is 0 Å². The first-order valence-corrected chi connectivity index (χ1v) is 19.5. The number of fused-ring (bicyclic) bond motifs is 8. The number of anilines is 6. The number of para-hydroxylation sites is 5. The zero-order valence-electron chi connectivity index (χ0n) is 31.2. The van der Waals surface area contributed by atoms with Gasteiger partial charge in [-0.25, -0.2) is 0 Å². The molecule has 1 aromatic heterocycles. The van der Waals surface area contributed by atoms with Crippen molar-refractivity contribution in [2.24, 2.45) is 0 Å². The number of aromatic nitrogens is 1. The first-order chi connectivity index (χ1) is 28.3. The fourth-order valence-electron chi connectivity index (χ4n) is 8.85. The summed E-state index contributed by atoms with van der Waals surface area (Å²) in [6, 6.07) is 81.2. The molecule has 0 aliphatic carbocycles. The van der Waals surface area contributed by atoms with Crippen molar-refractivity contribution < 1.29 is 0 Å². The smallest absolute Gasteiger partial charge is 0.0546 e. The molecule has 3 heteroatoms. The van der Waals surface area contributed by atoms with E-state index in [0.29, 0.717) is 0 Å². The molecule has 0 aliphatic rings. The topological polar surface area (TPSA) is 11.4 Å². The summed E-state index contributed by atoms with van der Waals surface area (Å²) < 4.78 is 2.38. The Labute approximate surface area is 331 Å². The largest absolute Gasteiger partial charge is 0.310 e.